The molecule has 1 aromatic carbocycles. The van der Waals surface area contributed by atoms with Crippen LogP contribution in [0.3, 0.4) is 0 Å². The van der Waals surface area contributed by atoms with Crippen molar-refractivity contribution in [3.05, 3.63) is 53.7 Å². The van der Waals surface area contributed by atoms with Crippen LogP contribution in [0.25, 0.3) is 0 Å². The molecule has 1 saturated heterocycles. The van der Waals surface area contributed by atoms with Gasteiger partial charge in [0, 0.05) is 28.7 Å². The normalized spacial score (nSPS) is 19.1. The van der Waals surface area contributed by atoms with Gasteiger partial charge in [-0.3, -0.25) is 4.90 Å². The molecule has 0 aliphatic carbocycles. The maximum atomic E-state index is 6.01. The molecule has 1 N–H and O–H groups in total. The van der Waals surface area contributed by atoms with Crippen molar-refractivity contribution < 1.29 is 0 Å². The SMILES string of the molecule is CC1CN(C(=S)Nc2cccc(Cl)c2)/C(=N\c2ccccn2)S1. The topological polar surface area (TPSA) is 40.5 Å². The molecule has 118 valence electrons. The van der Waals surface area contributed by atoms with Gasteiger partial charge in [0.2, 0.25) is 0 Å². The summed E-state index contributed by atoms with van der Waals surface area (Å²) in [6.45, 7) is 2.96. The monoisotopic (exact) mass is 362 g/mol. The number of aliphatic imine (C=N–C) groups is 1. The molecule has 1 fully saturated rings. The third-order valence-corrected chi connectivity index (χ3v) is 4.79. The van der Waals surface area contributed by atoms with E-state index in [4.69, 9.17) is 23.8 Å². The van der Waals surface area contributed by atoms with Crippen LogP contribution in [0, 0.1) is 0 Å². The van der Waals surface area contributed by atoms with Crippen LogP contribution in [-0.4, -0.2) is 32.0 Å². The van der Waals surface area contributed by atoms with E-state index in [0.29, 0.717) is 21.2 Å². The van der Waals surface area contributed by atoms with Crippen LogP contribution in [0.15, 0.2) is 53.7 Å². The lowest BCUT2D eigenvalue weighted by molar-refractivity contribution is 0.641. The minimum absolute atomic E-state index is 0.413. The minimum Gasteiger partial charge on any atom is -0.332 e. The summed E-state index contributed by atoms with van der Waals surface area (Å²) in [5.41, 5.74) is 0.865. The number of pyridine rings is 1. The molecule has 0 spiro atoms. The van der Waals surface area contributed by atoms with E-state index in [2.05, 4.69) is 22.2 Å². The molecule has 1 atom stereocenters. The Morgan fingerprint density at radius 1 is 1.39 bits per heavy atom. The minimum atomic E-state index is 0.413. The van der Waals surface area contributed by atoms with Gasteiger partial charge in [0.1, 0.15) is 0 Å². The number of benzene rings is 1. The largest absolute Gasteiger partial charge is 0.332 e. The third kappa shape index (κ3) is 4.22. The molecule has 1 aromatic heterocycles. The number of rotatable bonds is 2. The van der Waals surface area contributed by atoms with E-state index in [-0.39, 0.29) is 0 Å². The van der Waals surface area contributed by atoms with Gasteiger partial charge in [-0.1, -0.05) is 42.4 Å². The smallest absolute Gasteiger partial charge is 0.179 e. The van der Waals surface area contributed by atoms with Crippen LogP contribution >= 0.6 is 35.6 Å². The van der Waals surface area contributed by atoms with Gasteiger partial charge in [-0.25, -0.2) is 9.98 Å². The molecular weight excluding hydrogens is 348 g/mol. The Morgan fingerprint density at radius 3 is 3.00 bits per heavy atom. The fraction of sp³-hybridized carbons (Fsp3) is 0.188. The van der Waals surface area contributed by atoms with E-state index >= 15 is 0 Å². The Balaban J connectivity index is 1.79. The predicted octanol–water partition coefficient (Wildman–Crippen LogP) is 4.56. The fourth-order valence-electron chi connectivity index (χ4n) is 2.15. The maximum Gasteiger partial charge on any atom is 0.179 e. The predicted molar refractivity (Wildman–Crippen MR) is 103 cm³/mol. The molecule has 2 heterocycles. The van der Waals surface area contributed by atoms with Crippen molar-refractivity contribution >= 4 is 57.4 Å². The number of halogens is 1. The molecule has 0 amide bonds. The van der Waals surface area contributed by atoms with Crippen molar-refractivity contribution in [2.24, 2.45) is 4.99 Å². The fourth-order valence-corrected chi connectivity index (χ4v) is 3.70. The number of amidine groups is 1. The number of anilines is 1. The average molecular weight is 363 g/mol. The second-order valence-electron chi connectivity index (χ2n) is 5.06. The number of thiocarbonyl (C=S) groups is 1. The van der Waals surface area contributed by atoms with Gasteiger partial charge in [0.15, 0.2) is 16.1 Å². The second-order valence-corrected chi connectivity index (χ2v) is 7.29. The van der Waals surface area contributed by atoms with Crippen molar-refractivity contribution in [2.45, 2.75) is 12.2 Å². The summed E-state index contributed by atoms with van der Waals surface area (Å²) in [5, 5.41) is 5.77. The highest BCUT2D eigenvalue weighted by atomic mass is 35.5. The number of hydrogen-bond acceptors (Lipinski definition) is 4. The van der Waals surface area contributed by atoms with E-state index in [0.717, 1.165) is 17.4 Å². The summed E-state index contributed by atoms with van der Waals surface area (Å²) in [5.74, 6) is 0.680. The molecule has 23 heavy (non-hydrogen) atoms. The molecule has 1 unspecified atom stereocenters. The Labute approximate surface area is 150 Å². The molecule has 3 rings (SSSR count). The summed E-state index contributed by atoms with van der Waals surface area (Å²) in [7, 11) is 0. The van der Waals surface area contributed by atoms with E-state index in [1.54, 1.807) is 18.0 Å². The maximum absolute atomic E-state index is 6.01. The van der Waals surface area contributed by atoms with Gasteiger partial charge in [0.05, 0.1) is 0 Å². The van der Waals surface area contributed by atoms with Gasteiger partial charge in [-0.2, -0.15) is 0 Å². The number of hydrogen-bond donors (Lipinski definition) is 1. The first kappa shape index (κ1) is 16.2. The Kier molecular flexibility index (Phi) is 5.15. The first-order chi connectivity index (χ1) is 11.1. The van der Waals surface area contributed by atoms with E-state index in [1.165, 1.54) is 0 Å². The first-order valence-electron chi connectivity index (χ1n) is 7.12. The van der Waals surface area contributed by atoms with Crippen molar-refractivity contribution in [2.75, 3.05) is 11.9 Å². The number of nitrogens with zero attached hydrogens (tertiary/aromatic N) is 3. The molecule has 0 bridgehead atoms. The molecule has 0 saturated carbocycles. The van der Waals surface area contributed by atoms with Gasteiger partial charge < -0.3 is 5.32 Å². The summed E-state index contributed by atoms with van der Waals surface area (Å²) in [6.07, 6.45) is 1.73. The summed E-state index contributed by atoms with van der Waals surface area (Å²) in [4.78, 5) is 10.9. The van der Waals surface area contributed by atoms with Gasteiger partial charge in [0.25, 0.3) is 0 Å². The van der Waals surface area contributed by atoms with Crippen LogP contribution in [0.2, 0.25) is 5.02 Å². The zero-order valence-corrected chi connectivity index (χ0v) is 14.8. The first-order valence-corrected chi connectivity index (χ1v) is 8.79. The molecule has 1 aliphatic heterocycles. The summed E-state index contributed by atoms with van der Waals surface area (Å²) >= 11 is 13.2. The summed E-state index contributed by atoms with van der Waals surface area (Å²) < 4.78 is 0. The van der Waals surface area contributed by atoms with Crippen LogP contribution < -0.4 is 5.32 Å². The van der Waals surface area contributed by atoms with Crippen LogP contribution in [0.1, 0.15) is 6.92 Å². The Bertz CT molecular complexity index is 736. The van der Waals surface area contributed by atoms with Crippen LogP contribution in [0.5, 0.6) is 0 Å². The van der Waals surface area contributed by atoms with E-state index in [9.17, 15) is 0 Å². The van der Waals surface area contributed by atoms with Gasteiger partial charge >= 0.3 is 0 Å². The van der Waals surface area contributed by atoms with Crippen LogP contribution in [0.4, 0.5) is 11.5 Å². The Hall–Kier alpha value is -1.63. The molecule has 1 aliphatic rings. The second kappa shape index (κ2) is 7.29. The van der Waals surface area contributed by atoms with Crippen molar-refractivity contribution in [3.8, 4) is 0 Å². The molecule has 0 radical (unpaired) electrons. The summed E-state index contributed by atoms with van der Waals surface area (Å²) in [6, 6.07) is 13.2. The quantitative estimate of drug-likeness (QED) is 0.793. The van der Waals surface area contributed by atoms with E-state index in [1.807, 2.05) is 47.4 Å². The lowest BCUT2D eigenvalue weighted by Crippen LogP contribution is -2.36. The highest BCUT2D eigenvalue weighted by molar-refractivity contribution is 8.14. The lowest BCUT2D eigenvalue weighted by atomic mass is 10.3. The molecular formula is C16H15ClN4S2. The zero-order chi connectivity index (χ0) is 16.2. The molecule has 2 aromatic rings. The zero-order valence-electron chi connectivity index (χ0n) is 12.4. The van der Waals surface area contributed by atoms with Gasteiger partial charge in [-0.05, 0) is 42.5 Å². The van der Waals surface area contributed by atoms with E-state index < -0.39 is 0 Å². The van der Waals surface area contributed by atoms with Crippen LogP contribution in [-0.2, 0) is 0 Å². The third-order valence-electron chi connectivity index (χ3n) is 3.16. The number of thioether (sulfide) groups is 1. The highest BCUT2D eigenvalue weighted by Gasteiger charge is 2.29. The molecule has 4 nitrogen and oxygen atoms in total. The lowest BCUT2D eigenvalue weighted by Gasteiger charge is -2.20. The van der Waals surface area contributed by atoms with Crippen molar-refractivity contribution in [3.63, 3.8) is 0 Å². The number of nitrogens with one attached hydrogen (secondary N) is 1. The average Bonchev–Trinajstić information content (AvgIpc) is 2.89. The van der Waals surface area contributed by atoms with Gasteiger partial charge in [-0.15, -0.1) is 0 Å². The van der Waals surface area contributed by atoms with Crippen molar-refractivity contribution in [1.82, 2.24) is 9.88 Å². The molecule has 7 heteroatoms. The number of aromatic nitrogens is 1. The Morgan fingerprint density at radius 2 is 2.26 bits per heavy atom. The van der Waals surface area contributed by atoms with Crippen molar-refractivity contribution in [1.29, 1.82) is 0 Å². The standard InChI is InChI=1S/C16H15ClN4S2/c1-11-10-21(15(22)19-13-6-4-5-12(17)9-13)16(23-11)20-14-7-2-3-8-18-14/h2-9,11H,10H2,1H3,(H,19,22)/b20-16+. The highest BCUT2D eigenvalue weighted by Crippen LogP contribution is 2.28.